The number of carbonyl (C=O) groups is 2. The Bertz CT molecular complexity index is 1310. The summed E-state index contributed by atoms with van der Waals surface area (Å²) in [4.78, 5) is 29.1. The van der Waals surface area contributed by atoms with Gasteiger partial charge in [0.25, 0.3) is 5.91 Å². The third-order valence-electron chi connectivity index (χ3n) is 5.36. The lowest BCUT2D eigenvalue weighted by Crippen LogP contribution is -2.30. The zero-order chi connectivity index (χ0) is 25.8. The zero-order valence-corrected chi connectivity index (χ0v) is 21.2. The predicted molar refractivity (Wildman–Crippen MR) is 131 cm³/mol. The first-order chi connectivity index (χ1) is 16.5. The van der Waals surface area contributed by atoms with Crippen LogP contribution in [0.1, 0.15) is 30.4 Å². The maximum atomic E-state index is 12.6. The molecule has 3 rings (SSSR count). The van der Waals surface area contributed by atoms with Crippen LogP contribution in [0, 0.1) is 13.8 Å². The van der Waals surface area contributed by atoms with Crippen LogP contribution < -0.4 is 5.32 Å². The molecular weight excluding hydrogens is 470 g/mol. The number of oxazole rings is 1. The van der Waals surface area contributed by atoms with Crippen molar-refractivity contribution in [2.75, 3.05) is 19.4 Å². The number of aromatic nitrogens is 1. The molecule has 1 aromatic heterocycles. The van der Waals surface area contributed by atoms with Gasteiger partial charge in [0.1, 0.15) is 0 Å². The van der Waals surface area contributed by atoms with Gasteiger partial charge in [-0.25, -0.2) is 17.7 Å². The third-order valence-corrected chi connectivity index (χ3v) is 7.17. The van der Waals surface area contributed by atoms with Gasteiger partial charge in [-0.2, -0.15) is 0 Å². The number of carbonyl (C=O) groups excluding carboxylic acids is 2. The van der Waals surface area contributed by atoms with Gasteiger partial charge in [0.05, 0.1) is 17.5 Å². The minimum absolute atomic E-state index is 0.0128. The van der Waals surface area contributed by atoms with Gasteiger partial charge in [-0.3, -0.25) is 9.59 Å². The number of anilines is 1. The minimum Gasteiger partial charge on any atom is -0.453 e. The van der Waals surface area contributed by atoms with E-state index in [1.807, 2.05) is 31.2 Å². The monoisotopic (exact) mass is 499 g/mol. The molecule has 0 spiro atoms. The summed E-state index contributed by atoms with van der Waals surface area (Å²) in [6, 6.07) is 12.3. The summed E-state index contributed by atoms with van der Waals surface area (Å²) in [6.45, 7) is 5.18. The second-order valence-corrected chi connectivity index (χ2v) is 10.5. The first-order valence-electron chi connectivity index (χ1n) is 11.0. The van der Waals surface area contributed by atoms with E-state index in [0.29, 0.717) is 22.9 Å². The molecule has 0 radical (unpaired) electrons. The van der Waals surface area contributed by atoms with E-state index < -0.39 is 28.0 Å². The van der Waals surface area contributed by atoms with Crippen molar-refractivity contribution in [3.8, 4) is 11.3 Å². The summed E-state index contributed by atoms with van der Waals surface area (Å²) >= 11 is 0. The molecular formula is C25H29N3O6S. The van der Waals surface area contributed by atoms with Crippen molar-refractivity contribution in [1.29, 1.82) is 0 Å². The van der Waals surface area contributed by atoms with Crippen LogP contribution in [0.3, 0.4) is 0 Å². The van der Waals surface area contributed by atoms with E-state index in [1.54, 1.807) is 19.2 Å². The van der Waals surface area contributed by atoms with Crippen molar-refractivity contribution in [2.45, 2.75) is 44.6 Å². The number of nitrogens with one attached hydrogen (secondary N) is 1. The van der Waals surface area contributed by atoms with E-state index in [-0.39, 0.29) is 17.7 Å². The van der Waals surface area contributed by atoms with E-state index in [0.717, 1.165) is 15.4 Å². The Morgan fingerprint density at radius 3 is 2.46 bits per heavy atom. The number of amides is 1. The number of rotatable bonds is 9. The molecule has 0 fully saturated rings. The summed E-state index contributed by atoms with van der Waals surface area (Å²) in [5.74, 6) is -0.152. The molecule has 1 atom stereocenters. The van der Waals surface area contributed by atoms with E-state index >= 15 is 0 Å². The highest BCUT2D eigenvalue weighted by atomic mass is 32.2. The van der Waals surface area contributed by atoms with E-state index in [1.165, 1.54) is 33.2 Å². The summed E-state index contributed by atoms with van der Waals surface area (Å²) in [7, 11) is -0.807. The molecule has 1 N–H and O–H groups in total. The minimum atomic E-state index is -3.66. The molecule has 0 bridgehead atoms. The molecule has 2 aromatic carbocycles. The molecule has 10 heteroatoms. The normalized spacial score (nSPS) is 12.4. The number of ether oxygens (including phenoxy) is 1. The molecule has 0 aliphatic heterocycles. The van der Waals surface area contributed by atoms with Crippen LogP contribution in [-0.2, 0) is 30.8 Å². The highest BCUT2D eigenvalue weighted by Crippen LogP contribution is 2.23. The molecule has 0 aliphatic rings. The highest BCUT2D eigenvalue weighted by molar-refractivity contribution is 7.89. The Morgan fingerprint density at radius 1 is 1.11 bits per heavy atom. The summed E-state index contributed by atoms with van der Waals surface area (Å²) in [5, 5.41) is 2.64. The molecule has 0 aliphatic carbocycles. The van der Waals surface area contributed by atoms with Crippen molar-refractivity contribution in [1.82, 2.24) is 9.29 Å². The number of hydrogen-bond acceptors (Lipinski definition) is 7. The Balaban J connectivity index is 1.55. The van der Waals surface area contributed by atoms with Crippen LogP contribution in [0.2, 0.25) is 0 Å². The fourth-order valence-electron chi connectivity index (χ4n) is 3.14. The smallest absolute Gasteiger partial charge is 0.307 e. The predicted octanol–water partition coefficient (Wildman–Crippen LogP) is 3.71. The van der Waals surface area contributed by atoms with Gasteiger partial charge in [0.2, 0.25) is 10.0 Å². The molecule has 9 nitrogen and oxygen atoms in total. The van der Waals surface area contributed by atoms with Crippen LogP contribution >= 0.6 is 0 Å². The Kier molecular flexibility index (Phi) is 8.08. The Morgan fingerprint density at radius 2 is 1.80 bits per heavy atom. The molecule has 3 aromatic rings. The lowest BCUT2D eigenvalue weighted by Gasteiger charge is -2.16. The summed E-state index contributed by atoms with van der Waals surface area (Å²) in [6.07, 6.45) is 0.738. The van der Waals surface area contributed by atoms with Gasteiger partial charge in [-0.1, -0.05) is 35.9 Å². The van der Waals surface area contributed by atoms with Gasteiger partial charge in [0, 0.05) is 31.8 Å². The van der Waals surface area contributed by atoms with Crippen molar-refractivity contribution < 1.29 is 27.2 Å². The number of hydrogen-bond donors (Lipinski definition) is 1. The highest BCUT2D eigenvalue weighted by Gasteiger charge is 2.22. The number of sulfonamides is 1. The topological polar surface area (TPSA) is 119 Å². The molecule has 1 amide bonds. The van der Waals surface area contributed by atoms with Gasteiger partial charge < -0.3 is 14.5 Å². The fraction of sp³-hybridized carbons (Fsp3) is 0.320. The average molecular weight is 500 g/mol. The molecule has 0 saturated carbocycles. The maximum Gasteiger partial charge on any atom is 0.307 e. The molecule has 186 valence electrons. The SMILES string of the molecule is Cc1ccc(-c2cnc(CCC(=O)OC(C)C(=O)Nc3cc(S(=O)(=O)N(C)C)ccc3C)o2)cc1. The third kappa shape index (κ3) is 6.55. The number of nitrogens with zero attached hydrogens (tertiary/aromatic N) is 2. The molecule has 1 heterocycles. The lowest BCUT2D eigenvalue weighted by atomic mass is 10.1. The van der Waals surface area contributed by atoms with Crippen LogP contribution in [0.4, 0.5) is 5.69 Å². The number of aryl methyl sites for hydroxylation is 3. The standard InChI is InChI=1S/C25H29N3O6S/c1-16-6-9-19(10-7-16)22-15-26-23(34-22)12-13-24(29)33-18(3)25(30)27-21-14-20(11-8-17(21)2)35(31,32)28(4)5/h6-11,14-15,18H,12-13H2,1-5H3,(H,27,30). The number of esters is 1. The second kappa shape index (κ2) is 10.8. The Labute approximate surface area is 205 Å². The molecule has 0 saturated heterocycles. The summed E-state index contributed by atoms with van der Waals surface area (Å²) in [5.41, 5.74) is 3.02. The van der Waals surface area contributed by atoms with Crippen LogP contribution in [0.25, 0.3) is 11.3 Å². The van der Waals surface area contributed by atoms with Gasteiger partial charge in [-0.15, -0.1) is 0 Å². The number of benzene rings is 2. The van der Waals surface area contributed by atoms with Crippen LogP contribution in [0.5, 0.6) is 0 Å². The summed E-state index contributed by atoms with van der Waals surface area (Å²) < 4.78 is 36.8. The Hall–Kier alpha value is -3.50. The van der Waals surface area contributed by atoms with Crippen LogP contribution in [-0.4, -0.2) is 49.8 Å². The largest absolute Gasteiger partial charge is 0.453 e. The van der Waals surface area contributed by atoms with Crippen LogP contribution in [0.15, 0.2) is 58.0 Å². The van der Waals surface area contributed by atoms with Crippen molar-refractivity contribution in [2.24, 2.45) is 0 Å². The molecule has 35 heavy (non-hydrogen) atoms. The van der Waals surface area contributed by atoms with E-state index in [9.17, 15) is 18.0 Å². The van der Waals surface area contributed by atoms with Crippen molar-refractivity contribution >= 4 is 27.6 Å². The fourth-order valence-corrected chi connectivity index (χ4v) is 4.07. The second-order valence-electron chi connectivity index (χ2n) is 8.37. The quantitative estimate of drug-likeness (QED) is 0.446. The zero-order valence-electron chi connectivity index (χ0n) is 20.4. The maximum absolute atomic E-state index is 12.6. The lowest BCUT2D eigenvalue weighted by molar-refractivity contribution is -0.153. The van der Waals surface area contributed by atoms with Gasteiger partial charge >= 0.3 is 5.97 Å². The van der Waals surface area contributed by atoms with Crippen molar-refractivity contribution in [3.05, 3.63) is 65.7 Å². The average Bonchev–Trinajstić information content (AvgIpc) is 3.28. The molecule has 1 unspecified atom stereocenters. The first-order valence-corrected chi connectivity index (χ1v) is 12.5. The van der Waals surface area contributed by atoms with E-state index in [2.05, 4.69) is 10.3 Å². The van der Waals surface area contributed by atoms with E-state index in [4.69, 9.17) is 9.15 Å². The first kappa shape index (κ1) is 26.1. The van der Waals surface area contributed by atoms with Crippen molar-refractivity contribution in [3.63, 3.8) is 0 Å². The van der Waals surface area contributed by atoms with Gasteiger partial charge in [-0.05, 0) is 38.5 Å². The van der Waals surface area contributed by atoms with Gasteiger partial charge in [0.15, 0.2) is 17.8 Å².